The molecule has 0 spiro atoms. The van der Waals surface area contributed by atoms with Crippen LogP contribution in [0.4, 0.5) is 0 Å². The van der Waals surface area contributed by atoms with E-state index in [-0.39, 0.29) is 0 Å². The fourth-order valence-corrected chi connectivity index (χ4v) is 2.68. The van der Waals surface area contributed by atoms with Crippen molar-refractivity contribution in [1.29, 1.82) is 0 Å². The zero-order chi connectivity index (χ0) is 12.3. The third kappa shape index (κ3) is 4.44. The first-order chi connectivity index (χ1) is 8.15. The highest BCUT2D eigenvalue weighted by Crippen LogP contribution is 2.27. The molecule has 1 aliphatic carbocycles. The molecule has 0 aliphatic heterocycles. The molecule has 0 aromatic heterocycles. The highest BCUT2D eigenvalue weighted by molar-refractivity contribution is 9.10. The first kappa shape index (κ1) is 13.1. The molecule has 94 valence electrons. The molecule has 1 fully saturated rings. The van der Waals surface area contributed by atoms with Gasteiger partial charge in [0.05, 0.1) is 0 Å². The second kappa shape index (κ2) is 6.01. The van der Waals surface area contributed by atoms with Gasteiger partial charge in [-0.1, -0.05) is 41.9 Å². The van der Waals surface area contributed by atoms with Crippen molar-refractivity contribution < 1.29 is 0 Å². The summed E-state index contributed by atoms with van der Waals surface area (Å²) < 4.78 is 1.19. The minimum Gasteiger partial charge on any atom is -0.313 e. The van der Waals surface area contributed by atoms with Crippen LogP contribution in [0.1, 0.15) is 44.6 Å². The largest absolute Gasteiger partial charge is 0.313 e. The molecule has 1 aromatic rings. The Morgan fingerprint density at radius 3 is 2.71 bits per heavy atom. The van der Waals surface area contributed by atoms with E-state index in [0.717, 1.165) is 18.5 Å². The van der Waals surface area contributed by atoms with Crippen LogP contribution in [0.3, 0.4) is 0 Å². The Morgan fingerprint density at radius 2 is 2.12 bits per heavy atom. The number of hydrogen-bond donors (Lipinski definition) is 1. The van der Waals surface area contributed by atoms with E-state index in [2.05, 4.69) is 59.4 Å². The van der Waals surface area contributed by atoms with Crippen LogP contribution in [-0.4, -0.2) is 12.6 Å². The maximum Gasteiger partial charge on any atom is 0.0178 e. The zero-order valence-electron chi connectivity index (χ0n) is 10.7. The lowest BCUT2D eigenvalue weighted by molar-refractivity contribution is 0.469. The molecular weight excluding hydrogens is 274 g/mol. The monoisotopic (exact) mass is 295 g/mol. The normalized spacial score (nSPS) is 17.4. The number of nitrogens with one attached hydrogen (secondary N) is 1. The van der Waals surface area contributed by atoms with Crippen molar-refractivity contribution in [3.8, 4) is 0 Å². The van der Waals surface area contributed by atoms with Gasteiger partial charge in [-0.25, -0.2) is 0 Å². The summed E-state index contributed by atoms with van der Waals surface area (Å²) in [6.45, 7) is 5.74. The molecule has 1 aromatic carbocycles. The lowest BCUT2D eigenvalue weighted by Crippen LogP contribution is -2.24. The lowest BCUT2D eigenvalue weighted by atomic mass is 9.90. The number of hydrogen-bond acceptors (Lipinski definition) is 1. The summed E-state index contributed by atoms with van der Waals surface area (Å²) in [6.07, 6.45) is 4.00. The van der Waals surface area contributed by atoms with Gasteiger partial charge in [0.2, 0.25) is 0 Å². The molecule has 17 heavy (non-hydrogen) atoms. The maximum absolute atomic E-state index is 3.66. The molecular formula is C15H22BrN. The quantitative estimate of drug-likeness (QED) is 0.824. The smallest absolute Gasteiger partial charge is 0.0178 e. The fraction of sp³-hybridized carbons (Fsp3) is 0.600. The first-order valence-corrected chi connectivity index (χ1v) is 7.43. The minimum absolute atomic E-state index is 0.646. The number of rotatable bonds is 6. The predicted octanol–water partition coefficient (Wildman–Crippen LogP) is 4.33. The van der Waals surface area contributed by atoms with Gasteiger partial charge in [-0.2, -0.15) is 0 Å². The van der Waals surface area contributed by atoms with E-state index in [1.807, 2.05) is 0 Å². The molecule has 0 heterocycles. The Kier molecular flexibility index (Phi) is 4.63. The standard InChI is InChI=1S/C15H22BrN/c1-11(2)8-13(10-17-15-6-7-15)12-4-3-5-14(16)9-12/h3-5,9,11,13,15,17H,6-8,10H2,1-2H3. The van der Waals surface area contributed by atoms with Crippen LogP contribution in [0.2, 0.25) is 0 Å². The maximum atomic E-state index is 3.66. The molecule has 2 heteroatoms. The molecule has 0 saturated heterocycles. The van der Waals surface area contributed by atoms with Gasteiger partial charge in [0, 0.05) is 17.1 Å². The predicted molar refractivity (Wildman–Crippen MR) is 77.4 cm³/mol. The molecule has 2 rings (SSSR count). The van der Waals surface area contributed by atoms with Crippen molar-refractivity contribution >= 4 is 15.9 Å². The molecule has 1 nitrogen and oxygen atoms in total. The van der Waals surface area contributed by atoms with Gasteiger partial charge in [0.25, 0.3) is 0 Å². The molecule has 0 radical (unpaired) electrons. The third-order valence-corrected chi connectivity index (χ3v) is 3.80. The SMILES string of the molecule is CC(C)CC(CNC1CC1)c1cccc(Br)c1. The average molecular weight is 296 g/mol. The van der Waals surface area contributed by atoms with E-state index in [0.29, 0.717) is 5.92 Å². The number of halogens is 1. The highest BCUT2D eigenvalue weighted by atomic mass is 79.9. The summed E-state index contributed by atoms with van der Waals surface area (Å²) in [6, 6.07) is 9.57. The molecule has 1 saturated carbocycles. The summed E-state index contributed by atoms with van der Waals surface area (Å²) in [5, 5.41) is 3.66. The van der Waals surface area contributed by atoms with Gasteiger partial charge in [-0.15, -0.1) is 0 Å². The molecule has 1 N–H and O–H groups in total. The summed E-state index contributed by atoms with van der Waals surface area (Å²) >= 11 is 3.57. The minimum atomic E-state index is 0.646. The molecule has 1 unspecified atom stereocenters. The van der Waals surface area contributed by atoms with E-state index in [1.165, 1.54) is 29.3 Å². The Labute approximate surface area is 113 Å². The summed E-state index contributed by atoms with van der Waals surface area (Å²) in [7, 11) is 0. The highest BCUT2D eigenvalue weighted by Gasteiger charge is 2.22. The van der Waals surface area contributed by atoms with Crippen molar-refractivity contribution in [2.75, 3.05) is 6.54 Å². The van der Waals surface area contributed by atoms with Crippen LogP contribution in [0, 0.1) is 5.92 Å². The van der Waals surface area contributed by atoms with Gasteiger partial charge in [-0.05, 0) is 48.8 Å². The Bertz CT molecular complexity index is 358. The van der Waals surface area contributed by atoms with Gasteiger partial charge in [0.1, 0.15) is 0 Å². The van der Waals surface area contributed by atoms with Crippen LogP contribution in [-0.2, 0) is 0 Å². The zero-order valence-corrected chi connectivity index (χ0v) is 12.3. The van der Waals surface area contributed by atoms with Crippen LogP contribution < -0.4 is 5.32 Å². The van der Waals surface area contributed by atoms with Crippen LogP contribution in [0.15, 0.2) is 28.7 Å². The van der Waals surface area contributed by atoms with Crippen molar-refractivity contribution in [2.45, 2.75) is 45.1 Å². The molecule has 0 bridgehead atoms. The third-order valence-electron chi connectivity index (χ3n) is 3.31. The lowest BCUT2D eigenvalue weighted by Gasteiger charge is -2.20. The summed E-state index contributed by atoms with van der Waals surface area (Å²) in [5.74, 6) is 1.40. The topological polar surface area (TPSA) is 12.0 Å². The van der Waals surface area contributed by atoms with Gasteiger partial charge >= 0.3 is 0 Å². The van der Waals surface area contributed by atoms with E-state index in [1.54, 1.807) is 0 Å². The van der Waals surface area contributed by atoms with Crippen molar-refractivity contribution in [2.24, 2.45) is 5.92 Å². The van der Waals surface area contributed by atoms with Crippen LogP contribution >= 0.6 is 15.9 Å². The molecule has 0 amide bonds. The van der Waals surface area contributed by atoms with Crippen molar-refractivity contribution in [3.63, 3.8) is 0 Å². The van der Waals surface area contributed by atoms with E-state index < -0.39 is 0 Å². The average Bonchev–Trinajstić information content (AvgIpc) is 3.07. The molecule has 1 atom stereocenters. The van der Waals surface area contributed by atoms with Crippen molar-refractivity contribution in [3.05, 3.63) is 34.3 Å². The Hall–Kier alpha value is -0.340. The van der Waals surface area contributed by atoms with E-state index in [9.17, 15) is 0 Å². The van der Waals surface area contributed by atoms with E-state index in [4.69, 9.17) is 0 Å². The van der Waals surface area contributed by atoms with E-state index >= 15 is 0 Å². The van der Waals surface area contributed by atoms with Gasteiger partial charge in [0.15, 0.2) is 0 Å². The summed E-state index contributed by atoms with van der Waals surface area (Å²) in [5.41, 5.74) is 1.46. The second-order valence-electron chi connectivity index (χ2n) is 5.56. The van der Waals surface area contributed by atoms with Crippen molar-refractivity contribution in [1.82, 2.24) is 5.32 Å². The van der Waals surface area contributed by atoms with Gasteiger partial charge in [-0.3, -0.25) is 0 Å². The van der Waals surface area contributed by atoms with Crippen LogP contribution in [0.5, 0.6) is 0 Å². The summed E-state index contributed by atoms with van der Waals surface area (Å²) in [4.78, 5) is 0. The fourth-order valence-electron chi connectivity index (χ4n) is 2.26. The first-order valence-electron chi connectivity index (χ1n) is 6.64. The second-order valence-corrected chi connectivity index (χ2v) is 6.48. The van der Waals surface area contributed by atoms with Crippen LogP contribution in [0.25, 0.3) is 0 Å². The Morgan fingerprint density at radius 1 is 1.35 bits per heavy atom. The Balaban J connectivity index is 2.01. The molecule has 1 aliphatic rings. The van der Waals surface area contributed by atoms with Gasteiger partial charge < -0.3 is 5.32 Å². The number of benzene rings is 1.